The first-order valence-corrected chi connectivity index (χ1v) is 7.43. The maximum atomic E-state index is 13.2. The van der Waals surface area contributed by atoms with Gasteiger partial charge in [0, 0.05) is 11.5 Å². The normalized spacial score (nSPS) is 13.6. The number of rotatable bonds is 4. The zero-order valence-electron chi connectivity index (χ0n) is 13.1. The molecule has 0 saturated carbocycles. The first kappa shape index (κ1) is 19.0. The minimum atomic E-state index is -4.93. The number of ketones is 1. The predicted octanol–water partition coefficient (Wildman–Crippen LogP) is 6.10. The lowest BCUT2D eigenvalue weighted by Gasteiger charge is -2.19. The molecule has 2 aromatic rings. The molecule has 0 bridgehead atoms. The van der Waals surface area contributed by atoms with E-state index in [0.717, 1.165) is 0 Å². The van der Waals surface area contributed by atoms with E-state index >= 15 is 0 Å². The van der Waals surface area contributed by atoms with Crippen molar-refractivity contribution in [2.75, 3.05) is 0 Å². The second-order valence-corrected chi connectivity index (χ2v) is 5.49. The molecule has 0 aliphatic heterocycles. The van der Waals surface area contributed by atoms with Crippen LogP contribution >= 0.6 is 0 Å². The monoisotopic (exact) mass is 360 g/mol. The highest BCUT2D eigenvalue weighted by Gasteiger charge is 2.39. The second kappa shape index (κ2) is 6.90. The standard InChI is InChI=1S/C18H14F6O/c1-2-13(11-6-4-3-5-7-11)16(25)14-10-12(17(19,20)21)8-9-15(14)18(22,23)24/h3-10,13H,2H2,1H3. The summed E-state index contributed by atoms with van der Waals surface area (Å²) in [6.07, 6.45) is -9.60. The highest BCUT2D eigenvalue weighted by atomic mass is 19.4. The van der Waals surface area contributed by atoms with Crippen molar-refractivity contribution in [1.29, 1.82) is 0 Å². The Morgan fingerprint density at radius 1 is 0.920 bits per heavy atom. The molecule has 0 fully saturated rings. The molecule has 2 aromatic carbocycles. The Balaban J connectivity index is 2.59. The van der Waals surface area contributed by atoms with E-state index in [1.54, 1.807) is 37.3 Å². The first-order chi connectivity index (χ1) is 11.6. The molecule has 0 spiro atoms. The number of alkyl halides is 6. The zero-order valence-corrected chi connectivity index (χ0v) is 13.1. The van der Waals surface area contributed by atoms with E-state index in [4.69, 9.17) is 0 Å². The van der Waals surface area contributed by atoms with E-state index < -0.39 is 40.7 Å². The summed E-state index contributed by atoms with van der Waals surface area (Å²) in [6.45, 7) is 1.59. The minimum absolute atomic E-state index is 0.163. The number of hydrogen-bond donors (Lipinski definition) is 0. The molecule has 1 nitrogen and oxygen atoms in total. The van der Waals surface area contributed by atoms with E-state index in [0.29, 0.717) is 17.7 Å². The Morgan fingerprint density at radius 2 is 1.52 bits per heavy atom. The van der Waals surface area contributed by atoms with E-state index in [1.165, 1.54) is 0 Å². The van der Waals surface area contributed by atoms with Crippen LogP contribution in [0.5, 0.6) is 0 Å². The van der Waals surface area contributed by atoms with Crippen LogP contribution in [-0.4, -0.2) is 5.78 Å². The third-order valence-corrected chi connectivity index (χ3v) is 3.84. The molecule has 0 aromatic heterocycles. The number of Topliss-reactive ketones (excluding diaryl/α,β-unsaturated/α-hetero) is 1. The van der Waals surface area contributed by atoms with Gasteiger partial charge in [0.1, 0.15) is 0 Å². The molecule has 1 unspecified atom stereocenters. The van der Waals surface area contributed by atoms with Gasteiger partial charge in [-0.25, -0.2) is 0 Å². The van der Waals surface area contributed by atoms with Crippen LogP contribution in [0.4, 0.5) is 26.3 Å². The Hall–Kier alpha value is -2.31. The molecule has 0 aliphatic rings. The van der Waals surface area contributed by atoms with Crippen molar-refractivity contribution < 1.29 is 31.1 Å². The average Bonchev–Trinajstić information content (AvgIpc) is 2.54. The van der Waals surface area contributed by atoms with Gasteiger partial charge in [0.15, 0.2) is 5.78 Å². The summed E-state index contributed by atoms with van der Waals surface area (Å²) >= 11 is 0. The SMILES string of the molecule is CCC(C(=O)c1cc(C(F)(F)F)ccc1C(F)(F)F)c1ccccc1. The fourth-order valence-electron chi connectivity index (χ4n) is 2.62. The van der Waals surface area contributed by atoms with Gasteiger partial charge in [0.2, 0.25) is 0 Å². The van der Waals surface area contributed by atoms with Crippen molar-refractivity contribution in [3.8, 4) is 0 Å². The summed E-state index contributed by atoms with van der Waals surface area (Å²) < 4.78 is 78.1. The van der Waals surface area contributed by atoms with Crippen molar-refractivity contribution in [1.82, 2.24) is 0 Å². The van der Waals surface area contributed by atoms with Crippen LogP contribution in [0.1, 0.15) is 46.3 Å². The minimum Gasteiger partial charge on any atom is -0.293 e. The summed E-state index contributed by atoms with van der Waals surface area (Å²) in [5.74, 6) is -1.93. The predicted molar refractivity (Wildman–Crippen MR) is 80.3 cm³/mol. The third kappa shape index (κ3) is 4.21. The fourth-order valence-corrected chi connectivity index (χ4v) is 2.62. The van der Waals surface area contributed by atoms with Crippen molar-refractivity contribution >= 4 is 5.78 Å². The number of benzene rings is 2. The molecule has 0 saturated heterocycles. The highest BCUT2D eigenvalue weighted by Crippen LogP contribution is 2.38. The van der Waals surface area contributed by atoms with Gasteiger partial charge in [-0.3, -0.25) is 4.79 Å². The van der Waals surface area contributed by atoms with E-state index in [1.807, 2.05) is 0 Å². The summed E-state index contributed by atoms with van der Waals surface area (Å²) in [4.78, 5) is 12.7. The van der Waals surface area contributed by atoms with Crippen molar-refractivity contribution in [3.63, 3.8) is 0 Å². The lowest BCUT2D eigenvalue weighted by Crippen LogP contribution is -2.20. The topological polar surface area (TPSA) is 17.1 Å². The van der Waals surface area contributed by atoms with E-state index in [9.17, 15) is 31.1 Å². The molecule has 1 atom stereocenters. The van der Waals surface area contributed by atoms with Crippen LogP contribution in [-0.2, 0) is 12.4 Å². The van der Waals surface area contributed by atoms with Gasteiger partial charge in [-0.2, -0.15) is 26.3 Å². The largest absolute Gasteiger partial charge is 0.417 e. The molecule has 0 amide bonds. The van der Waals surface area contributed by atoms with Gasteiger partial charge in [0.25, 0.3) is 0 Å². The van der Waals surface area contributed by atoms with Crippen LogP contribution < -0.4 is 0 Å². The Kier molecular flexibility index (Phi) is 5.25. The highest BCUT2D eigenvalue weighted by molar-refractivity contribution is 6.02. The number of carbonyl (C=O) groups excluding carboxylic acids is 1. The summed E-state index contributed by atoms with van der Waals surface area (Å²) in [5.41, 5.74) is -3.15. The molecule has 2 rings (SSSR count). The van der Waals surface area contributed by atoms with Gasteiger partial charge in [-0.1, -0.05) is 37.3 Å². The molecule has 7 heteroatoms. The molecule has 0 N–H and O–H groups in total. The molecule has 25 heavy (non-hydrogen) atoms. The van der Waals surface area contributed by atoms with Crippen molar-refractivity contribution in [2.45, 2.75) is 31.6 Å². The van der Waals surface area contributed by atoms with Crippen LogP contribution in [0.25, 0.3) is 0 Å². The molecule has 0 aliphatic carbocycles. The smallest absolute Gasteiger partial charge is 0.293 e. The second-order valence-electron chi connectivity index (χ2n) is 5.49. The van der Waals surface area contributed by atoms with Crippen LogP contribution in [0, 0.1) is 0 Å². The quantitative estimate of drug-likeness (QED) is 0.476. The van der Waals surface area contributed by atoms with Crippen LogP contribution in [0.3, 0.4) is 0 Å². The van der Waals surface area contributed by atoms with Crippen LogP contribution in [0.2, 0.25) is 0 Å². The Labute approximate surface area is 140 Å². The van der Waals surface area contributed by atoms with Gasteiger partial charge in [0.05, 0.1) is 11.1 Å². The lowest BCUT2D eigenvalue weighted by molar-refractivity contribution is -0.141. The Morgan fingerprint density at radius 3 is 2.00 bits per heavy atom. The molecule has 0 heterocycles. The Bertz CT molecular complexity index is 746. The number of carbonyl (C=O) groups is 1. The van der Waals surface area contributed by atoms with E-state index in [2.05, 4.69) is 0 Å². The average molecular weight is 360 g/mol. The third-order valence-electron chi connectivity index (χ3n) is 3.84. The van der Waals surface area contributed by atoms with Gasteiger partial charge in [-0.05, 0) is 30.2 Å². The zero-order chi connectivity index (χ0) is 18.8. The van der Waals surface area contributed by atoms with E-state index in [-0.39, 0.29) is 12.5 Å². The molecular weight excluding hydrogens is 346 g/mol. The first-order valence-electron chi connectivity index (χ1n) is 7.43. The van der Waals surface area contributed by atoms with Gasteiger partial charge >= 0.3 is 12.4 Å². The molecular formula is C18H14F6O. The van der Waals surface area contributed by atoms with Crippen LogP contribution in [0.15, 0.2) is 48.5 Å². The van der Waals surface area contributed by atoms with Crippen molar-refractivity contribution in [2.24, 2.45) is 0 Å². The molecule has 0 radical (unpaired) electrons. The number of halogens is 6. The van der Waals surface area contributed by atoms with Gasteiger partial charge in [-0.15, -0.1) is 0 Å². The maximum Gasteiger partial charge on any atom is 0.417 e. The number of hydrogen-bond acceptors (Lipinski definition) is 1. The fraction of sp³-hybridized carbons (Fsp3) is 0.278. The summed E-state index contributed by atoms with van der Waals surface area (Å²) in [6, 6.07) is 8.96. The summed E-state index contributed by atoms with van der Waals surface area (Å²) in [7, 11) is 0. The molecule has 134 valence electrons. The van der Waals surface area contributed by atoms with Gasteiger partial charge < -0.3 is 0 Å². The lowest BCUT2D eigenvalue weighted by atomic mass is 9.86. The van der Waals surface area contributed by atoms with Crippen molar-refractivity contribution in [3.05, 3.63) is 70.8 Å². The maximum absolute atomic E-state index is 13.2. The summed E-state index contributed by atoms with van der Waals surface area (Å²) in [5, 5.41) is 0.